The lowest BCUT2D eigenvalue weighted by molar-refractivity contribution is -0.112. The van der Waals surface area contributed by atoms with Crippen LogP contribution >= 0.6 is 0 Å². The molecule has 2 aromatic carbocycles. The lowest BCUT2D eigenvalue weighted by atomic mass is 10.1. The summed E-state index contributed by atoms with van der Waals surface area (Å²) >= 11 is 0. The Morgan fingerprint density at radius 3 is 2.60 bits per heavy atom. The van der Waals surface area contributed by atoms with Gasteiger partial charge in [0.15, 0.2) is 0 Å². The molecule has 0 atom stereocenters. The fourth-order valence-corrected chi connectivity index (χ4v) is 4.90. The van der Waals surface area contributed by atoms with E-state index in [2.05, 4.69) is 26.7 Å². The van der Waals surface area contributed by atoms with Crippen LogP contribution in [0.25, 0.3) is 0 Å². The standard InChI is InChI=1S/C22H20N4O3S/c27-22(17-9-10-21-24-30(28,29)14-13-25(21)15-17)23-18-6-2-4-8-20(18)26-12-11-16-5-1-3-7-19(16)26/h1-10,15H,11-14H2,(H,23,27). The summed E-state index contributed by atoms with van der Waals surface area (Å²) in [5.74, 6) is 0.0259. The van der Waals surface area contributed by atoms with Gasteiger partial charge in [-0.25, -0.2) is 8.42 Å². The molecule has 5 rings (SSSR count). The first-order valence-corrected chi connectivity index (χ1v) is 11.4. The molecule has 152 valence electrons. The van der Waals surface area contributed by atoms with Gasteiger partial charge < -0.3 is 15.1 Å². The summed E-state index contributed by atoms with van der Waals surface area (Å²) in [5, 5.41) is 3.01. The molecular formula is C22H20N4O3S. The Bertz CT molecular complexity index is 1230. The fourth-order valence-electron chi connectivity index (χ4n) is 3.93. The SMILES string of the molecule is O=C(Nc1ccccc1N1CCc2ccccc21)C1=CN2CCS(=O)(=O)N=C2C=C1. The van der Waals surface area contributed by atoms with Crippen molar-refractivity contribution in [3.63, 3.8) is 0 Å². The second kappa shape index (κ2) is 7.14. The van der Waals surface area contributed by atoms with Crippen LogP contribution < -0.4 is 10.2 Å². The van der Waals surface area contributed by atoms with Crippen molar-refractivity contribution in [2.45, 2.75) is 6.42 Å². The maximum atomic E-state index is 12.9. The van der Waals surface area contributed by atoms with Gasteiger partial charge in [-0.15, -0.1) is 4.40 Å². The van der Waals surface area contributed by atoms with E-state index in [4.69, 9.17) is 0 Å². The van der Waals surface area contributed by atoms with Crippen LogP contribution in [0.3, 0.4) is 0 Å². The molecule has 1 N–H and O–H groups in total. The Morgan fingerprint density at radius 1 is 0.967 bits per heavy atom. The number of benzene rings is 2. The van der Waals surface area contributed by atoms with Crippen LogP contribution in [0.5, 0.6) is 0 Å². The van der Waals surface area contributed by atoms with E-state index < -0.39 is 10.0 Å². The van der Waals surface area contributed by atoms with Gasteiger partial charge in [0.2, 0.25) is 0 Å². The Morgan fingerprint density at radius 2 is 1.73 bits per heavy atom. The third-order valence-electron chi connectivity index (χ3n) is 5.42. The first-order chi connectivity index (χ1) is 14.5. The van der Waals surface area contributed by atoms with Crippen molar-refractivity contribution >= 4 is 38.8 Å². The molecule has 3 aliphatic rings. The molecule has 2 aromatic rings. The summed E-state index contributed by atoms with van der Waals surface area (Å²) in [6.07, 6.45) is 5.77. The highest BCUT2D eigenvalue weighted by Crippen LogP contribution is 2.38. The van der Waals surface area contributed by atoms with E-state index in [1.54, 1.807) is 23.3 Å². The number of anilines is 3. The fraction of sp³-hybridized carbons (Fsp3) is 0.182. The minimum atomic E-state index is -3.42. The second-order valence-electron chi connectivity index (χ2n) is 7.35. The minimum absolute atomic E-state index is 0.0626. The molecular weight excluding hydrogens is 400 g/mol. The Balaban J connectivity index is 1.40. The van der Waals surface area contributed by atoms with Crippen molar-refractivity contribution in [2.24, 2.45) is 4.40 Å². The lowest BCUT2D eigenvalue weighted by Gasteiger charge is -2.27. The summed E-state index contributed by atoms with van der Waals surface area (Å²) in [4.78, 5) is 16.9. The van der Waals surface area contributed by atoms with Crippen LogP contribution in [0.2, 0.25) is 0 Å². The molecule has 3 heterocycles. The molecule has 0 bridgehead atoms. The first kappa shape index (κ1) is 18.6. The first-order valence-electron chi connectivity index (χ1n) is 9.75. The lowest BCUT2D eigenvalue weighted by Crippen LogP contribution is -2.37. The van der Waals surface area contributed by atoms with E-state index in [1.807, 2.05) is 36.4 Å². The van der Waals surface area contributed by atoms with E-state index >= 15 is 0 Å². The van der Waals surface area contributed by atoms with E-state index in [0.29, 0.717) is 11.4 Å². The number of sulfonamides is 1. The van der Waals surface area contributed by atoms with E-state index in [-0.39, 0.29) is 18.2 Å². The number of amidine groups is 1. The second-order valence-corrected chi connectivity index (χ2v) is 9.10. The third kappa shape index (κ3) is 3.39. The number of fused-ring (bicyclic) bond motifs is 2. The molecule has 0 fully saturated rings. The summed E-state index contributed by atoms with van der Waals surface area (Å²) in [6, 6.07) is 16.0. The van der Waals surface area contributed by atoms with Crippen LogP contribution in [-0.2, 0) is 21.2 Å². The maximum Gasteiger partial charge on any atom is 0.257 e. The van der Waals surface area contributed by atoms with Crippen LogP contribution in [0.1, 0.15) is 5.56 Å². The van der Waals surface area contributed by atoms with Crippen molar-refractivity contribution in [1.82, 2.24) is 4.90 Å². The molecule has 0 saturated carbocycles. The topological polar surface area (TPSA) is 82.1 Å². The van der Waals surface area contributed by atoms with Gasteiger partial charge in [-0.3, -0.25) is 4.79 Å². The Labute approximate surface area is 175 Å². The number of nitrogens with zero attached hydrogens (tertiary/aromatic N) is 3. The number of rotatable bonds is 3. The van der Waals surface area contributed by atoms with Crippen molar-refractivity contribution < 1.29 is 13.2 Å². The molecule has 30 heavy (non-hydrogen) atoms. The van der Waals surface area contributed by atoms with Crippen LogP contribution in [0, 0.1) is 0 Å². The third-order valence-corrected chi connectivity index (χ3v) is 6.58. The minimum Gasteiger partial charge on any atom is -0.339 e. The highest BCUT2D eigenvalue weighted by atomic mass is 32.2. The highest BCUT2D eigenvalue weighted by Gasteiger charge is 2.26. The quantitative estimate of drug-likeness (QED) is 0.826. The highest BCUT2D eigenvalue weighted by molar-refractivity contribution is 7.90. The Hall–Kier alpha value is -3.39. The zero-order valence-corrected chi connectivity index (χ0v) is 17.0. The molecule has 0 unspecified atom stereocenters. The number of carbonyl (C=O) groups excluding carboxylic acids is 1. The number of para-hydroxylation sites is 3. The predicted molar refractivity (Wildman–Crippen MR) is 117 cm³/mol. The van der Waals surface area contributed by atoms with E-state index in [1.165, 1.54) is 5.56 Å². The number of carbonyl (C=O) groups is 1. The summed E-state index contributed by atoms with van der Waals surface area (Å²) in [7, 11) is -3.42. The monoisotopic (exact) mass is 420 g/mol. The smallest absolute Gasteiger partial charge is 0.257 e. The molecule has 8 heteroatoms. The van der Waals surface area contributed by atoms with Gasteiger partial charge in [-0.2, -0.15) is 0 Å². The molecule has 0 aromatic heterocycles. The number of hydrogen-bond acceptors (Lipinski definition) is 5. The molecule has 7 nitrogen and oxygen atoms in total. The molecule has 0 radical (unpaired) electrons. The number of nitrogens with one attached hydrogen (secondary N) is 1. The van der Waals surface area contributed by atoms with Crippen LogP contribution in [-0.4, -0.2) is 43.9 Å². The van der Waals surface area contributed by atoms with Crippen molar-refractivity contribution in [2.75, 3.05) is 29.1 Å². The van der Waals surface area contributed by atoms with Crippen LogP contribution in [0.15, 0.2) is 76.9 Å². The van der Waals surface area contributed by atoms with E-state index in [0.717, 1.165) is 30.0 Å². The van der Waals surface area contributed by atoms with Crippen molar-refractivity contribution in [1.29, 1.82) is 0 Å². The molecule has 0 spiro atoms. The predicted octanol–water partition coefficient (Wildman–Crippen LogP) is 2.82. The molecule has 0 aliphatic carbocycles. The number of amides is 1. The van der Waals surface area contributed by atoms with Gasteiger partial charge in [0.1, 0.15) is 5.84 Å². The molecule has 0 saturated heterocycles. The summed E-state index contributed by atoms with van der Waals surface area (Å²) in [5.41, 5.74) is 4.58. The van der Waals surface area contributed by atoms with Gasteiger partial charge in [0.25, 0.3) is 15.9 Å². The van der Waals surface area contributed by atoms with Crippen LogP contribution in [0.4, 0.5) is 17.1 Å². The largest absolute Gasteiger partial charge is 0.339 e. The zero-order chi connectivity index (χ0) is 20.7. The normalized spacial score (nSPS) is 18.9. The maximum absolute atomic E-state index is 12.9. The van der Waals surface area contributed by atoms with Crippen molar-refractivity contribution in [3.05, 3.63) is 78.0 Å². The summed E-state index contributed by atoms with van der Waals surface area (Å²) < 4.78 is 27.1. The van der Waals surface area contributed by atoms with E-state index in [9.17, 15) is 13.2 Å². The molecule has 1 amide bonds. The molecule has 3 aliphatic heterocycles. The average molecular weight is 420 g/mol. The Kier molecular flexibility index (Phi) is 4.43. The zero-order valence-electron chi connectivity index (χ0n) is 16.2. The van der Waals surface area contributed by atoms with Gasteiger partial charge in [0, 0.05) is 25.0 Å². The van der Waals surface area contributed by atoms with Gasteiger partial charge in [-0.05, 0) is 42.3 Å². The van der Waals surface area contributed by atoms with Gasteiger partial charge >= 0.3 is 0 Å². The average Bonchev–Trinajstić information content (AvgIpc) is 3.17. The van der Waals surface area contributed by atoms with Gasteiger partial charge in [0.05, 0.1) is 22.7 Å². The summed E-state index contributed by atoms with van der Waals surface area (Å²) in [6.45, 7) is 1.14. The van der Waals surface area contributed by atoms with Gasteiger partial charge in [-0.1, -0.05) is 30.3 Å². The van der Waals surface area contributed by atoms with Crippen molar-refractivity contribution in [3.8, 4) is 0 Å². The number of hydrogen-bond donors (Lipinski definition) is 1.